The van der Waals surface area contributed by atoms with Crippen molar-refractivity contribution >= 4 is 11.8 Å². The second kappa shape index (κ2) is 9.96. The first kappa shape index (κ1) is 23.0. The molecule has 1 aliphatic rings. The fraction of sp³-hybridized carbons (Fsp3) is 0.636. The zero-order valence-corrected chi connectivity index (χ0v) is 18.5. The van der Waals surface area contributed by atoms with E-state index in [4.69, 9.17) is 9.47 Å². The Morgan fingerprint density at radius 3 is 2.31 bits per heavy atom. The number of fused-ring (bicyclic) bond motifs is 1. The fourth-order valence-corrected chi connectivity index (χ4v) is 3.23. The van der Waals surface area contributed by atoms with Gasteiger partial charge in [-0.2, -0.15) is 0 Å². The molecule has 0 aromatic heterocycles. The highest BCUT2D eigenvalue weighted by atomic mass is 16.5. The lowest BCUT2D eigenvalue weighted by Crippen LogP contribution is -2.47. The number of likely N-dealkylation sites (N-methyl/N-ethyl adjacent to an activating group) is 1. The first-order valence-electron chi connectivity index (χ1n) is 10.2. The maximum Gasteiger partial charge on any atom is 0.234 e. The van der Waals surface area contributed by atoms with E-state index < -0.39 is 0 Å². The van der Waals surface area contributed by atoms with Crippen molar-refractivity contribution in [1.29, 1.82) is 0 Å². The highest BCUT2D eigenvalue weighted by molar-refractivity contribution is 5.81. The molecule has 7 nitrogen and oxygen atoms in total. The van der Waals surface area contributed by atoms with Crippen molar-refractivity contribution in [1.82, 2.24) is 15.5 Å². The van der Waals surface area contributed by atoms with Gasteiger partial charge in [0.1, 0.15) is 0 Å². The molecule has 162 valence electrons. The average molecular weight is 406 g/mol. The maximum absolute atomic E-state index is 12.6. The van der Waals surface area contributed by atoms with Crippen molar-refractivity contribution in [2.45, 2.75) is 52.6 Å². The van der Waals surface area contributed by atoms with E-state index >= 15 is 0 Å². The summed E-state index contributed by atoms with van der Waals surface area (Å²) in [5, 5.41) is 6.00. The molecule has 0 radical (unpaired) electrons. The Kier molecular flexibility index (Phi) is 7.90. The number of benzene rings is 1. The largest absolute Gasteiger partial charge is 0.490 e. The first-order chi connectivity index (χ1) is 13.5. The molecule has 0 spiro atoms. The molecule has 2 N–H and O–H groups in total. The van der Waals surface area contributed by atoms with E-state index in [1.54, 1.807) is 11.9 Å². The molecule has 1 atom stereocenters. The molecule has 1 heterocycles. The minimum Gasteiger partial charge on any atom is -0.490 e. The molecule has 7 heteroatoms. The Hall–Kier alpha value is -2.28. The van der Waals surface area contributed by atoms with E-state index in [1.807, 2.05) is 39.0 Å². The van der Waals surface area contributed by atoms with Crippen molar-refractivity contribution in [2.75, 3.05) is 33.4 Å². The van der Waals surface area contributed by atoms with Crippen LogP contribution in [0.2, 0.25) is 0 Å². The number of nitrogens with zero attached hydrogens (tertiary/aromatic N) is 1. The molecule has 0 saturated carbocycles. The highest BCUT2D eigenvalue weighted by Gasteiger charge is 2.22. The lowest BCUT2D eigenvalue weighted by molar-refractivity contribution is -0.125. The van der Waals surface area contributed by atoms with Gasteiger partial charge in [0, 0.05) is 12.0 Å². The van der Waals surface area contributed by atoms with Crippen LogP contribution in [-0.4, -0.2) is 55.6 Å². The topological polar surface area (TPSA) is 79.9 Å². The number of hydrogen-bond donors (Lipinski definition) is 2. The van der Waals surface area contributed by atoms with Gasteiger partial charge in [0.2, 0.25) is 11.8 Å². The lowest BCUT2D eigenvalue weighted by atomic mass is 9.95. The summed E-state index contributed by atoms with van der Waals surface area (Å²) in [5.41, 5.74) is 0.686. The molecular weight excluding hydrogens is 370 g/mol. The summed E-state index contributed by atoms with van der Waals surface area (Å²) in [6.07, 6.45) is 0.851. The summed E-state index contributed by atoms with van der Waals surface area (Å²) in [6, 6.07) is 5.67. The van der Waals surface area contributed by atoms with Crippen LogP contribution in [0.3, 0.4) is 0 Å². The van der Waals surface area contributed by atoms with E-state index in [2.05, 4.69) is 24.5 Å². The maximum atomic E-state index is 12.6. The Morgan fingerprint density at radius 1 is 1.07 bits per heavy atom. The van der Waals surface area contributed by atoms with Gasteiger partial charge in [0.25, 0.3) is 0 Å². The van der Waals surface area contributed by atoms with E-state index in [0.29, 0.717) is 13.2 Å². The Morgan fingerprint density at radius 2 is 1.69 bits per heavy atom. The molecular formula is C22H35N3O4. The Labute approximate surface area is 174 Å². The smallest absolute Gasteiger partial charge is 0.234 e. The third kappa shape index (κ3) is 7.57. The number of rotatable bonds is 7. The molecule has 0 bridgehead atoms. The van der Waals surface area contributed by atoms with Crippen LogP contribution in [-0.2, 0) is 9.59 Å². The second-order valence-corrected chi connectivity index (χ2v) is 9.02. The van der Waals surface area contributed by atoms with Crippen molar-refractivity contribution in [3.05, 3.63) is 23.8 Å². The molecule has 0 saturated heterocycles. The third-order valence-electron chi connectivity index (χ3n) is 4.46. The number of carbonyl (C=O) groups excluding carboxylic acids is 2. The number of ether oxygens (including phenoxy) is 2. The summed E-state index contributed by atoms with van der Waals surface area (Å²) < 4.78 is 11.5. The van der Waals surface area contributed by atoms with Gasteiger partial charge in [0.05, 0.1) is 32.3 Å². The number of amides is 2. The van der Waals surface area contributed by atoms with Crippen LogP contribution in [0, 0.1) is 5.92 Å². The zero-order chi connectivity index (χ0) is 21.6. The molecule has 1 aromatic rings. The standard InChI is InChI=1S/C22H35N3O4/c1-15(2)21(16-8-9-17-18(12-16)29-11-7-10-28-17)23-19(26)13-25(6)14-20(27)24-22(3,4)5/h8-9,12,15,21H,7,10-11,13-14H2,1-6H3,(H,23,26)(H,24,27)/t21-/m1/s1. The first-order valence-corrected chi connectivity index (χ1v) is 10.2. The van der Waals surface area contributed by atoms with Crippen LogP contribution >= 0.6 is 0 Å². The molecule has 0 fully saturated rings. The van der Waals surface area contributed by atoms with Crippen molar-refractivity contribution in [3.8, 4) is 11.5 Å². The van der Waals surface area contributed by atoms with Crippen LogP contribution in [0.4, 0.5) is 0 Å². The fourth-order valence-electron chi connectivity index (χ4n) is 3.23. The number of carbonyl (C=O) groups is 2. The molecule has 0 unspecified atom stereocenters. The molecule has 0 aliphatic carbocycles. The predicted octanol–water partition coefficient (Wildman–Crippen LogP) is 2.51. The van der Waals surface area contributed by atoms with Crippen LogP contribution in [0.15, 0.2) is 18.2 Å². The number of hydrogen-bond acceptors (Lipinski definition) is 5. The molecule has 1 aliphatic heterocycles. The minimum atomic E-state index is -0.292. The van der Waals surface area contributed by atoms with Crippen molar-refractivity contribution in [3.63, 3.8) is 0 Å². The van der Waals surface area contributed by atoms with Gasteiger partial charge in [-0.05, 0) is 51.4 Å². The lowest BCUT2D eigenvalue weighted by Gasteiger charge is -2.26. The normalized spacial score (nSPS) is 15.0. The van der Waals surface area contributed by atoms with E-state index in [0.717, 1.165) is 23.5 Å². The van der Waals surface area contributed by atoms with E-state index in [-0.39, 0.29) is 42.4 Å². The van der Waals surface area contributed by atoms with Gasteiger partial charge in [-0.15, -0.1) is 0 Å². The van der Waals surface area contributed by atoms with Gasteiger partial charge in [-0.1, -0.05) is 19.9 Å². The van der Waals surface area contributed by atoms with E-state index in [9.17, 15) is 9.59 Å². The predicted molar refractivity (Wildman–Crippen MR) is 113 cm³/mol. The van der Waals surface area contributed by atoms with Crippen LogP contribution in [0.25, 0.3) is 0 Å². The zero-order valence-electron chi connectivity index (χ0n) is 18.5. The van der Waals surface area contributed by atoms with Crippen LogP contribution in [0.5, 0.6) is 11.5 Å². The summed E-state index contributed by atoms with van der Waals surface area (Å²) in [5.74, 6) is 1.43. The van der Waals surface area contributed by atoms with Crippen molar-refractivity contribution in [2.24, 2.45) is 5.92 Å². The Balaban J connectivity index is 1.99. The average Bonchev–Trinajstić information content (AvgIpc) is 2.82. The summed E-state index contributed by atoms with van der Waals surface area (Å²) >= 11 is 0. The monoisotopic (exact) mass is 405 g/mol. The van der Waals surface area contributed by atoms with Gasteiger partial charge in [-0.3, -0.25) is 14.5 Å². The molecule has 2 rings (SSSR count). The van der Waals surface area contributed by atoms with Gasteiger partial charge < -0.3 is 20.1 Å². The Bertz CT molecular complexity index is 712. The summed E-state index contributed by atoms with van der Waals surface area (Å²) in [7, 11) is 1.76. The van der Waals surface area contributed by atoms with Crippen molar-refractivity contribution < 1.29 is 19.1 Å². The quantitative estimate of drug-likeness (QED) is 0.729. The second-order valence-electron chi connectivity index (χ2n) is 9.02. The third-order valence-corrected chi connectivity index (χ3v) is 4.46. The summed E-state index contributed by atoms with van der Waals surface area (Å²) in [4.78, 5) is 26.4. The van der Waals surface area contributed by atoms with E-state index in [1.165, 1.54) is 0 Å². The molecule has 29 heavy (non-hydrogen) atoms. The van der Waals surface area contributed by atoms with Gasteiger partial charge in [0.15, 0.2) is 11.5 Å². The molecule has 2 amide bonds. The minimum absolute atomic E-state index is 0.101. The SMILES string of the molecule is CC(C)[C@@H](NC(=O)CN(C)CC(=O)NC(C)(C)C)c1ccc2c(c1)OCCCO2. The number of nitrogens with one attached hydrogen (secondary N) is 2. The van der Waals surface area contributed by atoms with Crippen LogP contribution < -0.4 is 20.1 Å². The highest BCUT2D eigenvalue weighted by Crippen LogP contribution is 2.34. The van der Waals surface area contributed by atoms with Gasteiger partial charge in [-0.25, -0.2) is 0 Å². The summed E-state index contributed by atoms with van der Waals surface area (Å²) in [6.45, 7) is 11.5. The molecule has 1 aromatic carbocycles. The van der Waals surface area contributed by atoms with Gasteiger partial charge >= 0.3 is 0 Å². The van der Waals surface area contributed by atoms with Crippen LogP contribution in [0.1, 0.15) is 52.6 Å².